The van der Waals surface area contributed by atoms with Crippen molar-refractivity contribution in [2.75, 3.05) is 19.8 Å². The molecule has 12 heteroatoms. The first kappa shape index (κ1) is 32.3. The molecule has 7 N–H and O–H groups in total. The van der Waals surface area contributed by atoms with Gasteiger partial charge in [-0.3, -0.25) is 4.79 Å². The highest BCUT2D eigenvalue weighted by Crippen LogP contribution is 2.28. The lowest BCUT2D eigenvalue weighted by Gasteiger charge is -2.40. The smallest absolute Gasteiger partial charge is 0.229 e. The van der Waals surface area contributed by atoms with E-state index in [-0.39, 0.29) is 24.7 Å². The summed E-state index contributed by atoms with van der Waals surface area (Å²) in [7, 11) is 0. The molecule has 2 aromatic carbocycles. The van der Waals surface area contributed by atoms with E-state index in [2.05, 4.69) is 0 Å². The fourth-order valence-corrected chi connectivity index (χ4v) is 4.87. The van der Waals surface area contributed by atoms with Crippen molar-refractivity contribution in [3.8, 4) is 11.5 Å². The fraction of sp³-hybridized carbons (Fsp3) is 0.567. The van der Waals surface area contributed by atoms with Crippen LogP contribution in [0.15, 0.2) is 48.5 Å². The first-order valence-corrected chi connectivity index (χ1v) is 14.1. The second-order valence-electron chi connectivity index (χ2n) is 10.9. The maximum atomic E-state index is 12.2. The fourth-order valence-electron chi connectivity index (χ4n) is 4.87. The van der Waals surface area contributed by atoms with Gasteiger partial charge in [-0.25, -0.2) is 0 Å². The number of rotatable bonds is 14. The van der Waals surface area contributed by atoms with Gasteiger partial charge in [0.15, 0.2) is 6.29 Å². The van der Waals surface area contributed by atoms with Crippen LogP contribution in [0.5, 0.6) is 11.5 Å². The Kier molecular flexibility index (Phi) is 11.3. The van der Waals surface area contributed by atoms with Crippen molar-refractivity contribution in [3.05, 3.63) is 59.7 Å². The van der Waals surface area contributed by atoms with Crippen molar-refractivity contribution in [2.45, 2.75) is 87.2 Å². The minimum Gasteiger partial charge on any atom is -0.508 e. The van der Waals surface area contributed by atoms with Crippen LogP contribution in [0, 0.1) is 0 Å². The van der Waals surface area contributed by atoms with Gasteiger partial charge in [0.2, 0.25) is 6.29 Å². The van der Waals surface area contributed by atoms with Gasteiger partial charge in [0.25, 0.3) is 0 Å². The van der Waals surface area contributed by atoms with Gasteiger partial charge in [-0.2, -0.15) is 0 Å². The van der Waals surface area contributed by atoms with Gasteiger partial charge >= 0.3 is 0 Å². The van der Waals surface area contributed by atoms with Gasteiger partial charge in [-0.05, 0) is 61.1 Å². The molecule has 2 saturated heterocycles. The molecule has 0 saturated carbocycles. The van der Waals surface area contributed by atoms with Gasteiger partial charge < -0.3 is 54.7 Å². The average Bonchev–Trinajstić information content (AvgIpc) is 3.28. The van der Waals surface area contributed by atoms with Gasteiger partial charge in [-0.1, -0.05) is 24.3 Å². The van der Waals surface area contributed by atoms with E-state index in [9.17, 15) is 40.5 Å². The molecular formula is C30H40O12. The SMILES string of the molecule is O=C(CCCCc1ccc(O[C@@H]2O[C@H](CO[C@@H]3OC[C@](O)(CO)[C@H]3O)[C@@H](O)[C@H](O)[C@H]2O)cc1)CCc1ccc(O)cc1. The molecule has 0 spiro atoms. The average molecular weight is 593 g/mol. The number of aliphatic hydroxyl groups is 6. The summed E-state index contributed by atoms with van der Waals surface area (Å²) >= 11 is 0. The summed E-state index contributed by atoms with van der Waals surface area (Å²) in [6, 6.07) is 13.9. The van der Waals surface area contributed by atoms with E-state index in [4.69, 9.17) is 18.9 Å². The summed E-state index contributed by atoms with van der Waals surface area (Å²) < 4.78 is 22.0. The summed E-state index contributed by atoms with van der Waals surface area (Å²) in [4.78, 5) is 12.2. The van der Waals surface area contributed by atoms with Gasteiger partial charge in [-0.15, -0.1) is 0 Å². The van der Waals surface area contributed by atoms with E-state index in [1.54, 1.807) is 24.3 Å². The van der Waals surface area contributed by atoms with Crippen molar-refractivity contribution < 1.29 is 59.5 Å². The number of ether oxygens (including phenoxy) is 4. The predicted molar refractivity (Wildman–Crippen MR) is 146 cm³/mol. The predicted octanol–water partition coefficient (Wildman–Crippen LogP) is -0.0495. The number of ketones is 1. The van der Waals surface area contributed by atoms with E-state index >= 15 is 0 Å². The third kappa shape index (κ3) is 8.25. The first-order valence-electron chi connectivity index (χ1n) is 14.1. The van der Waals surface area contributed by atoms with Gasteiger partial charge in [0, 0.05) is 12.8 Å². The summed E-state index contributed by atoms with van der Waals surface area (Å²) in [6.07, 6.45) is -6.05. The molecule has 0 bridgehead atoms. The molecule has 8 atom stereocenters. The minimum atomic E-state index is -1.88. The Labute approximate surface area is 243 Å². The molecule has 2 aliphatic rings. The van der Waals surface area contributed by atoms with Crippen LogP contribution in [0.2, 0.25) is 0 Å². The van der Waals surface area contributed by atoms with Crippen molar-refractivity contribution in [3.63, 3.8) is 0 Å². The highest BCUT2D eigenvalue weighted by molar-refractivity contribution is 5.78. The summed E-state index contributed by atoms with van der Waals surface area (Å²) in [5.41, 5.74) is 0.167. The Hall–Kier alpha value is -2.65. The number of aromatic hydroxyl groups is 1. The molecule has 0 aliphatic carbocycles. The summed E-state index contributed by atoms with van der Waals surface area (Å²) in [5.74, 6) is 0.765. The van der Waals surface area contributed by atoms with Crippen LogP contribution in [-0.4, -0.2) is 110 Å². The zero-order chi connectivity index (χ0) is 30.3. The minimum absolute atomic E-state index is 0.201. The number of phenolic OH excluding ortho intramolecular Hbond substituents is 1. The van der Waals surface area contributed by atoms with E-state index in [1.165, 1.54) is 0 Å². The maximum absolute atomic E-state index is 12.2. The van der Waals surface area contributed by atoms with Crippen molar-refractivity contribution in [2.24, 2.45) is 0 Å². The zero-order valence-corrected chi connectivity index (χ0v) is 23.2. The largest absolute Gasteiger partial charge is 0.508 e. The van der Waals surface area contributed by atoms with E-state index in [0.717, 1.165) is 30.4 Å². The first-order chi connectivity index (χ1) is 20.1. The number of Topliss-reactive ketones (excluding diaryl/α,β-unsaturated/α-hetero) is 1. The lowest BCUT2D eigenvalue weighted by atomic mass is 9.99. The Balaban J connectivity index is 1.19. The van der Waals surface area contributed by atoms with Gasteiger partial charge in [0.05, 0.1) is 19.8 Å². The molecule has 4 rings (SSSR count). The van der Waals surface area contributed by atoms with Crippen LogP contribution in [0.4, 0.5) is 0 Å². The number of unbranched alkanes of at least 4 members (excludes halogenated alkanes) is 1. The molecule has 2 fully saturated rings. The number of hydrogen-bond donors (Lipinski definition) is 7. The standard InChI is InChI=1S/C30H40O12/c31-16-30(38)17-40-29(27(30)37)39-15-23-24(34)25(35)26(36)28(42-23)41-22-13-8-18(9-14-22)3-1-2-4-20(32)10-5-19-6-11-21(33)12-7-19/h6-9,11-14,23-29,31,33-38H,1-5,10,15-17H2/t23-,24-,25+,26-,27+,28-,29-,30-/m1/s1. The van der Waals surface area contributed by atoms with Crippen LogP contribution in [0.1, 0.15) is 36.8 Å². The molecule has 0 aromatic heterocycles. The zero-order valence-electron chi connectivity index (χ0n) is 23.2. The van der Waals surface area contributed by atoms with Crippen molar-refractivity contribution >= 4 is 5.78 Å². The lowest BCUT2D eigenvalue weighted by molar-refractivity contribution is -0.289. The molecular weight excluding hydrogens is 552 g/mol. The quantitative estimate of drug-likeness (QED) is 0.145. The number of carbonyl (C=O) groups excluding carboxylic acids is 1. The number of aryl methyl sites for hydroxylation is 2. The van der Waals surface area contributed by atoms with E-state index in [1.807, 2.05) is 24.3 Å². The molecule has 12 nitrogen and oxygen atoms in total. The third-order valence-electron chi connectivity index (χ3n) is 7.65. The Morgan fingerprint density at radius 3 is 2.19 bits per heavy atom. The van der Waals surface area contributed by atoms with Crippen LogP contribution in [0.3, 0.4) is 0 Å². The van der Waals surface area contributed by atoms with E-state index in [0.29, 0.717) is 25.0 Å². The van der Waals surface area contributed by atoms with E-state index < -0.39 is 55.3 Å². The Morgan fingerprint density at radius 2 is 1.52 bits per heavy atom. The molecule has 0 amide bonds. The van der Waals surface area contributed by atoms with Crippen LogP contribution in [-0.2, 0) is 31.8 Å². The highest BCUT2D eigenvalue weighted by atomic mass is 16.7. The molecule has 2 aliphatic heterocycles. The topological polar surface area (TPSA) is 196 Å². The van der Waals surface area contributed by atoms with Crippen LogP contribution in [0.25, 0.3) is 0 Å². The molecule has 232 valence electrons. The van der Waals surface area contributed by atoms with Crippen LogP contribution < -0.4 is 4.74 Å². The summed E-state index contributed by atoms with van der Waals surface area (Å²) in [6.45, 7) is -1.46. The molecule has 42 heavy (non-hydrogen) atoms. The normalized spacial score (nSPS) is 31.2. The van der Waals surface area contributed by atoms with Crippen molar-refractivity contribution in [1.29, 1.82) is 0 Å². The Bertz CT molecular complexity index is 1130. The van der Waals surface area contributed by atoms with Crippen molar-refractivity contribution in [1.82, 2.24) is 0 Å². The second-order valence-corrected chi connectivity index (χ2v) is 10.9. The summed E-state index contributed by atoms with van der Waals surface area (Å²) in [5, 5.41) is 69.9. The number of aliphatic hydroxyl groups excluding tert-OH is 5. The Morgan fingerprint density at radius 1 is 0.857 bits per heavy atom. The molecule has 0 radical (unpaired) electrons. The third-order valence-corrected chi connectivity index (χ3v) is 7.65. The number of phenols is 1. The highest BCUT2D eigenvalue weighted by Gasteiger charge is 2.50. The number of benzene rings is 2. The second kappa shape index (κ2) is 14.7. The number of carbonyl (C=O) groups is 1. The maximum Gasteiger partial charge on any atom is 0.229 e. The molecule has 2 heterocycles. The lowest BCUT2D eigenvalue weighted by Crippen LogP contribution is -2.60. The number of hydrogen-bond acceptors (Lipinski definition) is 12. The van der Waals surface area contributed by atoms with Crippen LogP contribution >= 0.6 is 0 Å². The monoisotopic (exact) mass is 592 g/mol. The molecule has 2 aromatic rings. The molecule has 0 unspecified atom stereocenters. The van der Waals surface area contributed by atoms with Gasteiger partial charge in [0.1, 0.15) is 53.4 Å².